The fourth-order valence-corrected chi connectivity index (χ4v) is 5.44. The fourth-order valence-electron chi connectivity index (χ4n) is 4.50. The lowest BCUT2D eigenvalue weighted by atomic mass is 9.95. The average Bonchev–Trinajstić information content (AvgIpc) is 3.27. The van der Waals surface area contributed by atoms with E-state index < -0.39 is 0 Å². The molecule has 3 aromatic rings. The molecule has 0 saturated heterocycles. The third-order valence-corrected chi connectivity index (χ3v) is 7.73. The van der Waals surface area contributed by atoms with Gasteiger partial charge < -0.3 is 10.1 Å². The first-order chi connectivity index (χ1) is 16.9. The Morgan fingerprint density at radius 2 is 1.94 bits per heavy atom. The second kappa shape index (κ2) is 12.0. The number of thioether (sulfide) groups is 1. The summed E-state index contributed by atoms with van der Waals surface area (Å²) in [4.78, 5) is 12.8. The number of rotatable bonds is 9. The number of aromatic nitrogens is 3. The Morgan fingerprint density at radius 1 is 1.17 bits per heavy atom. The fraction of sp³-hybridized carbons (Fsp3) is 0.444. The highest BCUT2D eigenvalue weighted by Gasteiger charge is 2.24. The van der Waals surface area contributed by atoms with Gasteiger partial charge in [0, 0.05) is 16.8 Å². The number of nitrogens with one attached hydrogen (secondary N) is 1. The summed E-state index contributed by atoms with van der Waals surface area (Å²) in [6, 6.07) is 13.9. The quantitative estimate of drug-likeness (QED) is 0.307. The molecule has 35 heavy (non-hydrogen) atoms. The lowest BCUT2D eigenvalue weighted by Gasteiger charge is -2.25. The highest BCUT2D eigenvalue weighted by atomic mass is 35.5. The van der Waals surface area contributed by atoms with Gasteiger partial charge in [-0.1, -0.05) is 74.7 Å². The Hall–Kier alpha value is -2.51. The topological polar surface area (TPSA) is 69.0 Å². The maximum absolute atomic E-state index is 12.8. The van der Waals surface area contributed by atoms with Crippen LogP contribution in [0.15, 0.2) is 47.6 Å². The van der Waals surface area contributed by atoms with Gasteiger partial charge in [-0.25, -0.2) is 0 Å². The SMILES string of the molecule is Cc1cc(OCc2nnc(SCC(=O)Nc3ccccc3C(C)C)n2C2CCCCC2)ccc1Cl. The zero-order valence-corrected chi connectivity index (χ0v) is 22.2. The molecular weight excluding hydrogens is 480 g/mol. The van der Waals surface area contributed by atoms with Crippen molar-refractivity contribution in [1.82, 2.24) is 14.8 Å². The van der Waals surface area contributed by atoms with E-state index >= 15 is 0 Å². The number of carbonyl (C=O) groups excluding carboxylic acids is 1. The van der Waals surface area contributed by atoms with Crippen LogP contribution in [0.1, 0.15) is 74.9 Å². The maximum Gasteiger partial charge on any atom is 0.234 e. The van der Waals surface area contributed by atoms with E-state index in [9.17, 15) is 4.79 Å². The summed E-state index contributed by atoms with van der Waals surface area (Å²) in [7, 11) is 0. The van der Waals surface area contributed by atoms with E-state index in [1.54, 1.807) is 0 Å². The van der Waals surface area contributed by atoms with E-state index in [4.69, 9.17) is 16.3 Å². The van der Waals surface area contributed by atoms with Crippen LogP contribution in [0.4, 0.5) is 5.69 Å². The third-order valence-electron chi connectivity index (χ3n) is 6.36. The molecule has 0 atom stereocenters. The van der Waals surface area contributed by atoms with Gasteiger partial charge in [0.25, 0.3) is 0 Å². The minimum Gasteiger partial charge on any atom is -0.486 e. The largest absolute Gasteiger partial charge is 0.486 e. The molecule has 0 unspecified atom stereocenters. The van der Waals surface area contributed by atoms with E-state index in [0.29, 0.717) is 18.6 Å². The summed E-state index contributed by atoms with van der Waals surface area (Å²) in [5, 5.41) is 13.5. The number of hydrogen-bond donors (Lipinski definition) is 1. The van der Waals surface area contributed by atoms with Crippen molar-refractivity contribution in [2.45, 2.75) is 76.6 Å². The Balaban J connectivity index is 1.46. The van der Waals surface area contributed by atoms with E-state index in [1.807, 2.05) is 43.3 Å². The molecule has 1 N–H and O–H groups in total. The summed E-state index contributed by atoms with van der Waals surface area (Å²) in [5.41, 5.74) is 2.97. The first kappa shape index (κ1) is 25.6. The number of ether oxygens (including phenoxy) is 1. The molecule has 0 spiro atoms. The van der Waals surface area contributed by atoms with Gasteiger partial charge in [0.1, 0.15) is 12.4 Å². The van der Waals surface area contributed by atoms with Gasteiger partial charge >= 0.3 is 0 Å². The van der Waals surface area contributed by atoms with Crippen LogP contribution in [0.2, 0.25) is 5.02 Å². The standard InChI is InChI=1S/C27H33ClN4O2S/c1-18(2)22-11-7-8-12-24(22)29-26(33)17-35-27-31-30-25(32(27)20-9-5-4-6-10-20)16-34-21-13-14-23(28)19(3)15-21/h7-8,11-15,18,20H,4-6,9-10,16-17H2,1-3H3,(H,29,33). The Morgan fingerprint density at radius 3 is 2.69 bits per heavy atom. The van der Waals surface area contributed by atoms with E-state index in [1.165, 1.54) is 31.0 Å². The van der Waals surface area contributed by atoms with Gasteiger partial charge in [0.2, 0.25) is 5.91 Å². The number of nitrogens with zero attached hydrogens (tertiary/aromatic N) is 3. The average molecular weight is 513 g/mol. The molecule has 1 aliphatic carbocycles. The number of aryl methyl sites for hydroxylation is 1. The van der Waals surface area contributed by atoms with Crippen LogP contribution in [0.5, 0.6) is 5.75 Å². The lowest BCUT2D eigenvalue weighted by molar-refractivity contribution is -0.113. The molecule has 1 saturated carbocycles. The molecule has 0 radical (unpaired) electrons. The highest BCUT2D eigenvalue weighted by Crippen LogP contribution is 2.33. The molecule has 1 amide bonds. The van der Waals surface area contributed by atoms with Crippen LogP contribution in [-0.4, -0.2) is 26.4 Å². The predicted molar refractivity (Wildman–Crippen MR) is 143 cm³/mol. The van der Waals surface area contributed by atoms with Crippen molar-refractivity contribution in [3.63, 3.8) is 0 Å². The molecule has 1 aliphatic rings. The number of halogens is 1. The van der Waals surface area contributed by atoms with Crippen LogP contribution in [-0.2, 0) is 11.4 Å². The smallest absolute Gasteiger partial charge is 0.234 e. The summed E-state index contributed by atoms with van der Waals surface area (Å²) in [6.45, 7) is 6.53. The van der Waals surface area contributed by atoms with Crippen molar-refractivity contribution >= 4 is 35.0 Å². The van der Waals surface area contributed by atoms with Crippen LogP contribution in [0, 0.1) is 6.92 Å². The monoisotopic (exact) mass is 512 g/mol. The Kier molecular flexibility index (Phi) is 8.74. The third kappa shape index (κ3) is 6.58. The molecule has 1 aromatic heterocycles. The van der Waals surface area contributed by atoms with E-state index in [-0.39, 0.29) is 11.7 Å². The number of amides is 1. The second-order valence-electron chi connectivity index (χ2n) is 9.34. The van der Waals surface area contributed by atoms with Crippen LogP contribution in [0.25, 0.3) is 0 Å². The first-order valence-corrected chi connectivity index (χ1v) is 13.6. The molecule has 6 nitrogen and oxygen atoms in total. The van der Waals surface area contributed by atoms with Crippen molar-refractivity contribution < 1.29 is 9.53 Å². The molecule has 2 aromatic carbocycles. The van der Waals surface area contributed by atoms with Crippen LogP contribution >= 0.6 is 23.4 Å². The van der Waals surface area contributed by atoms with Crippen molar-refractivity contribution in [3.8, 4) is 5.75 Å². The summed E-state index contributed by atoms with van der Waals surface area (Å²) in [6.07, 6.45) is 5.82. The highest BCUT2D eigenvalue weighted by molar-refractivity contribution is 7.99. The number of anilines is 1. The number of para-hydroxylation sites is 1. The van der Waals surface area contributed by atoms with Crippen molar-refractivity contribution in [1.29, 1.82) is 0 Å². The zero-order chi connectivity index (χ0) is 24.8. The van der Waals surface area contributed by atoms with Gasteiger partial charge in [-0.3, -0.25) is 9.36 Å². The van der Waals surface area contributed by atoms with E-state index in [2.05, 4.69) is 40.0 Å². The summed E-state index contributed by atoms with van der Waals surface area (Å²) >= 11 is 7.58. The molecule has 4 rings (SSSR count). The molecule has 186 valence electrons. The second-order valence-corrected chi connectivity index (χ2v) is 10.7. The van der Waals surface area contributed by atoms with Gasteiger partial charge in [-0.15, -0.1) is 10.2 Å². The number of benzene rings is 2. The molecular formula is C27H33ClN4O2S. The van der Waals surface area contributed by atoms with Gasteiger partial charge in [-0.05, 0) is 61.1 Å². The molecule has 0 bridgehead atoms. The first-order valence-electron chi connectivity index (χ1n) is 12.3. The van der Waals surface area contributed by atoms with Gasteiger partial charge in [-0.2, -0.15) is 0 Å². The van der Waals surface area contributed by atoms with Gasteiger partial charge in [0.05, 0.1) is 5.75 Å². The van der Waals surface area contributed by atoms with Crippen LogP contribution < -0.4 is 10.1 Å². The zero-order valence-electron chi connectivity index (χ0n) is 20.6. The molecule has 8 heteroatoms. The number of carbonyl (C=O) groups is 1. The van der Waals surface area contributed by atoms with Gasteiger partial charge in [0.15, 0.2) is 11.0 Å². The Bertz CT molecular complexity index is 1160. The number of hydrogen-bond acceptors (Lipinski definition) is 5. The maximum atomic E-state index is 12.8. The summed E-state index contributed by atoms with van der Waals surface area (Å²) < 4.78 is 8.24. The Labute approximate surface area is 216 Å². The normalized spacial score (nSPS) is 14.3. The van der Waals surface area contributed by atoms with E-state index in [0.717, 1.165) is 51.4 Å². The predicted octanol–water partition coefficient (Wildman–Crippen LogP) is 7.18. The van der Waals surface area contributed by atoms with Crippen molar-refractivity contribution in [3.05, 3.63) is 64.4 Å². The molecule has 1 fully saturated rings. The summed E-state index contributed by atoms with van der Waals surface area (Å²) in [5.74, 6) is 2.10. The van der Waals surface area contributed by atoms with Crippen LogP contribution in [0.3, 0.4) is 0 Å². The molecule has 1 heterocycles. The lowest BCUT2D eigenvalue weighted by Crippen LogP contribution is -2.19. The molecule has 0 aliphatic heterocycles. The van der Waals surface area contributed by atoms with Crippen molar-refractivity contribution in [2.75, 3.05) is 11.1 Å². The minimum absolute atomic E-state index is 0.0456. The van der Waals surface area contributed by atoms with Crippen molar-refractivity contribution in [2.24, 2.45) is 0 Å². The minimum atomic E-state index is -0.0456.